The second kappa shape index (κ2) is 4.30. The van der Waals surface area contributed by atoms with Crippen molar-refractivity contribution in [1.82, 2.24) is 14.5 Å². The molecule has 0 bridgehead atoms. The largest absolute Gasteiger partial charge is 0.378 e. The first-order chi connectivity index (χ1) is 7.22. The van der Waals surface area contributed by atoms with Gasteiger partial charge in [-0.1, -0.05) is 11.6 Å². The fraction of sp³-hybridized carbons (Fsp3) is 0.333. The van der Waals surface area contributed by atoms with Gasteiger partial charge in [0.25, 0.3) is 0 Å². The number of nitrogens with zero attached hydrogens (tertiary/aromatic N) is 3. The molecule has 0 saturated carbocycles. The molecule has 0 aliphatic heterocycles. The molecule has 0 amide bonds. The van der Waals surface area contributed by atoms with Crippen molar-refractivity contribution in [2.45, 2.75) is 19.6 Å². The molecule has 2 aromatic heterocycles. The number of aromatic nitrogens is 3. The van der Waals surface area contributed by atoms with Gasteiger partial charge < -0.3 is 9.67 Å². The second-order valence-corrected chi connectivity index (χ2v) is 4.67. The van der Waals surface area contributed by atoms with Gasteiger partial charge in [0.05, 0.1) is 6.20 Å². The van der Waals surface area contributed by atoms with Gasteiger partial charge in [-0.25, -0.2) is 9.97 Å². The Bertz CT molecular complexity index is 454. The molecule has 1 unspecified atom stereocenters. The third-order valence-electron chi connectivity index (χ3n) is 2.06. The summed E-state index contributed by atoms with van der Waals surface area (Å²) in [6, 6.07) is 0. The van der Waals surface area contributed by atoms with Crippen LogP contribution in [0, 0.1) is 0 Å². The van der Waals surface area contributed by atoms with Crippen molar-refractivity contribution in [2.24, 2.45) is 0 Å². The van der Waals surface area contributed by atoms with Gasteiger partial charge >= 0.3 is 0 Å². The topological polar surface area (TPSA) is 50.9 Å². The minimum Gasteiger partial charge on any atom is -0.378 e. The van der Waals surface area contributed by atoms with E-state index in [-0.39, 0.29) is 0 Å². The van der Waals surface area contributed by atoms with Gasteiger partial charge in [-0.05, 0) is 6.92 Å². The van der Waals surface area contributed by atoms with Crippen molar-refractivity contribution < 1.29 is 5.11 Å². The maximum Gasteiger partial charge on any atom is 0.163 e. The zero-order valence-electron chi connectivity index (χ0n) is 8.09. The van der Waals surface area contributed by atoms with E-state index < -0.39 is 6.10 Å². The average Bonchev–Trinajstić information content (AvgIpc) is 2.84. The quantitative estimate of drug-likeness (QED) is 0.898. The number of thiazole rings is 1. The van der Waals surface area contributed by atoms with Crippen LogP contribution in [-0.2, 0) is 6.54 Å². The Labute approximate surface area is 96.2 Å². The van der Waals surface area contributed by atoms with Crippen molar-refractivity contribution in [2.75, 3.05) is 0 Å². The SMILES string of the molecule is CCn1ccnc1C(O)c1ncc(Cl)s1. The number of halogens is 1. The zero-order valence-corrected chi connectivity index (χ0v) is 9.66. The third kappa shape index (κ3) is 2.04. The molecule has 0 saturated heterocycles. The van der Waals surface area contributed by atoms with Crippen molar-refractivity contribution >= 4 is 22.9 Å². The lowest BCUT2D eigenvalue weighted by molar-refractivity contribution is 0.204. The second-order valence-electron chi connectivity index (χ2n) is 2.98. The molecule has 2 heterocycles. The van der Waals surface area contributed by atoms with E-state index in [0.29, 0.717) is 15.2 Å². The maximum atomic E-state index is 10.0. The van der Waals surface area contributed by atoms with E-state index in [1.165, 1.54) is 17.5 Å². The van der Waals surface area contributed by atoms with Crippen LogP contribution in [0.3, 0.4) is 0 Å². The summed E-state index contributed by atoms with van der Waals surface area (Å²) in [5.41, 5.74) is 0. The highest BCUT2D eigenvalue weighted by molar-refractivity contribution is 7.15. The van der Waals surface area contributed by atoms with Crippen LogP contribution in [0.1, 0.15) is 23.9 Å². The van der Waals surface area contributed by atoms with E-state index in [9.17, 15) is 5.11 Å². The van der Waals surface area contributed by atoms with Gasteiger partial charge in [0.1, 0.15) is 15.2 Å². The third-order valence-corrected chi connectivity index (χ3v) is 3.23. The monoisotopic (exact) mass is 243 g/mol. The summed E-state index contributed by atoms with van der Waals surface area (Å²) in [4.78, 5) is 8.14. The first-order valence-electron chi connectivity index (χ1n) is 4.52. The van der Waals surface area contributed by atoms with E-state index in [1.54, 1.807) is 6.20 Å². The predicted molar refractivity (Wildman–Crippen MR) is 59.1 cm³/mol. The van der Waals surface area contributed by atoms with Gasteiger partial charge in [-0.2, -0.15) is 0 Å². The molecule has 0 aliphatic rings. The highest BCUT2D eigenvalue weighted by Crippen LogP contribution is 2.27. The van der Waals surface area contributed by atoms with E-state index in [4.69, 9.17) is 11.6 Å². The van der Waals surface area contributed by atoms with E-state index in [2.05, 4.69) is 9.97 Å². The predicted octanol–water partition coefficient (Wildman–Crippen LogP) is 2.09. The van der Waals surface area contributed by atoms with Crippen LogP contribution in [0.15, 0.2) is 18.6 Å². The molecule has 0 radical (unpaired) electrons. The molecule has 0 spiro atoms. The normalized spacial score (nSPS) is 13.0. The Balaban J connectivity index is 2.31. The van der Waals surface area contributed by atoms with Crippen LogP contribution in [0.5, 0.6) is 0 Å². The van der Waals surface area contributed by atoms with Crippen LogP contribution in [-0.4, -0.2) is 19.6 Å². The van der Waals surface area contributed by atoms with E-state index >= 15 is 0 Å². The Kier molecular flexibility index (Phi) is 3.04. The van der Waals surface area contributed by atoms with Crippen LogP contribution >= 0.6 is 22.9 Å². The number of aryl methyl sites for hydroxylation is 1. The average molecular weight is 244 g/mol. The molecule has 2 aromatic rings. The molecule has 0 fully saturated rings. The minimum absolute atomic E-state index is 0.568. The van der Waals surface area contributed by atoms with Gasteiger partial charge in [0.2, 0.25) is 0 Å². The number of hydrogen-bond acceptors (Lipinski definition) is 4. The summed E-state index contributed by atoms with van der Waals surface area (Å²) < 4.78 is 2.44. The summed E-state index contributed by atoms with van der Waals surface area (Å²) in [7, 11) is 0. The van der Waals surface area contributed by atoms with E-state index in [1.807, 2.05) is 17.7 Å². The number of hydrogen-bond donors (Lipinski definition) is 1. The summed E-state index contributed by atoms with van der Waals surface area (Å²) in [6.07, 6.45) is 4.23. The Hall–Kier alpha value is -0.910. The number of imidazole rings is 1. The van der Waals surface area contributed by atoms with E-state index in [0.717, 1.165) is 6.54 Å². The van der Waals surface area contributed by atoms with Gasteiger partial charge in [0.15, 0.2) is 6.10 Å². The minimum atomic E-state index is -0.794. The van der Waals surface area contributed by atoms with Crippen LogP contribution in [0.25, 0.3) is 0 Å². The molecular formula is C9H10ClN3OS. The first-order valence-corrected chi connectivity index (χ1v) is 5.72. The molecule has 0 aliphatic carbocycles. The molecule has 80 valence electrons. The lowest BCUT2D eigenvalue weighted by Crippen LogP contribution is -2.08. The molecular weight excluding hydrogens is 234 g/mol. The zero-order chi connectivity index (χ0) is 10.8. The fourth-order valence-electron chi connectivity index (χ4n) is 1.34. The summed E-state index contributed by atoms with van der Waals surface area (Å²) in [5.74, 6) is 0.600. The van der Waals surface area contributed by atoms with Crippen LogP contribution in [0.4, 0.5) is 0 Å². The number of rotatable bonds is 3. The van der Waals surface area contributed by atoms with Crippen molar-refractivity contribution in [3.8, 4) is 0 Å². The summed E-state index contributed by atoms with van der Waals surface area (Å²) >= 11 is 7.02. The molecule has 0 aromatic carbocycles. The Morgan fingerprint density at radius 1 is 1.60 bits per heavy atom. The van der Waals surface area contributed by atoms with Gasteiger partial charge in [-0.3, -0.25) is 0 Å². The first kappa shape index (κ1) is 10.6. The lowest BCUT2D eigenvalue weighted by atomic mass is 10.3. The van der Waals surface area contributed by atoms with Crippen molar-refractivity contribution in [3.63, 3.8) is 0 Å². The van der Waals surface area contributed by atoms with Crippen molar-refractivity contribution in [3.05, 3.63) is 33.8 Å². The molecule has 15 heavy (non-hydrogen) atoms. The number of aliphatic hydroxyl groups excluding tert-OH is 1. The highest BCUT2D eigenvalue weighted by Gasteiger charge is 2.18. The maximum absolute atomic E-state index is 10.0. The summed E-state index contributed by atoms with van der Waals surface area (Å²) in [6.45, 7) is 2.76. The molecule has 4 nitrogen and oxygen atoms in total. The smallest absolute Gasteiger partial charge is 0.163 e. The molecule has 1 atom stereocenters. The van der Waals surface area contributed by atoms with Crippen LogP contribution in [0.2, 0.25) is 4.34 Å². The van der Waals surface area contributed by atoms with Crippen molar-refractivity contribution in [1.29, 1.82) is 0 Å². The number of aliphatic hydroxyl groups is 1. The molecule has 6 heteroatoms. The molecule has 2 rings (SSSR count). The van der Waals surface area contributed by atoms with Crippen LogP contribution < -0.4 is 0 Å². The molecule has 1 N–H and O–H groups in total. The standard InChI is InChI=1S/C9H10ClN3OS/c1-2-13-4-3-11-8(13)7(14)9-12-5-6(10)15-9/h3-5,7,14H,2H2,1H3. The Morgan fingerprint density at radius 2 is 2.40 bits per heavy atom. The fourth-order valence-corrected chi connectivity index (χ4v) is 2.25. The lowest BCUT2D eigenvalue weighted by Gasteiger charge is -2.08. The van der Waals surface area contributed by atoms with Gasteiger partial charge in [0, 0.05) is 18.9 Å². The Morgan fingerprint density at radius 3 is 3.00 bits per heavy atom. The van der Waals surface area contributed by atoms with Gasteiger partial charge in [-0.15, -0.1) is 11.3 Å². The highest BCUT2D eigenvalue weighted by atomic mass is 35.5. The summed E-state index contributed by atoms with van der Waals surface area (Å²) in [5, 5.41) is 10.6.